The van der Waals surface area contributed by atoms with Gasteiger partial charge in [0, 0.05) is 42.4 Å². The highest BCUT2D eigenvalue weighted by Crippen LogP contribution is 2.35. The van der Waals surface area contributed by atoms with Crippen molar-refractivity contribution < 1.29 is 23.6 Å². The number of hydrogen-bond acceptors (Lipinski definition) is 5. The molecule has 2 unspecified atom stereocenters. The predicted molar refractivity (Wildman–Crippen MR) is 135 cm³/mol. The van der Waals surface area contributed by atoms with Crippen LogP contribution in [0.4, 0.5) is 0 Å². The van der Waals surface area contributed by atoms with Gasteiger partial charge in [-0.1, -0.05) is 19.8 Å². The topological polar surface area (TPSA) is 84.0 Å². The minimum atomic E-state index is -2.02. The molecule has 34 heavy (non-hydrogen) atoms. The third-order valence-electron chi connectivity index (χ3n) is 7.29. The first kappa shape index (κ1) is 28.7. The van der Waals surface area contributed by atoms with Gasteiger partial charge in [-0.25, -0.2) is 0 Å². The van der Waals surface area contributed by atoms with Crippen LogP contribution < -0.4 is 0 Å². The number of carbonyl (C=O) groups excluding carboxylic acids is 4. The Hall–Kier alpha value is -1.54. The molecule has 2 aliphatic rings. The highest BCUT2D eigenvalue weighted by atomic mass is 28.4. The Bertz CT molecular complexity index is 725. The minimum Gasteiger partial charge on any atom is -0.417 e. The number of imide groups is 2. The smallest absolute Gasteiger partial charge is 0.233 e. The van der Waals surface area contributed by atoms with Gasteiger partial charge in [-0.15, -0.1) is 0 Å². The number of nitrogens with zero attached hydrogens (tertiary/aromatic N) is 2. The summed E-state index contributed by atoms with van der Waals surface area (Å²) in [5.41, 5.74) is -0.949. The molecule has 2 saturated heterocycles. The minimum absolute atomic E-state index is 0.0366. The summed E-state index contributed by atoms with van der Waals surface area (Å²) < 4.78 is 6.37. The van der Waals surface area contributed by atoms with E-state index in [-0.39, 0.29) is 35.5 Å². The van der Waals surface area contributed by atoms with Gasteiger partial charge in [0.2, 0.25) is 23.6 Å². The molecule has 0 radical (unpaired) electrons. The van der Waals surface area contributed by atoms with Crippen LogP contribution >= 0.6 is 0 Å². The van der Waals surface area contributed by atoms with Gasteiger partial charge in [-0.3, -0.25) is 29.0 Å². The molecule has 2 atom stereocenters. The van der Waals surface area contributed by atoms with Crippen molar-refractivity contribution in [1.29, 1.82) is 0 Å². The van der Waals surface area contributed by atoms with Gasteiger partial charge in [0.25, 0.3) is 0 Å². The second kappa shape index (κ2) is 11.0. The first-order chi connectivity index (χ1) is 15.7. The monoisotopic (exact) mass is 494 g/mol. The maximum Gasteiger partial charge on any atom is 0.233 e. The van der Waals surface area contributed by atoms with Gasteiger partial charge in [0.1, 0.15) is 0 Å². The lowest BCUT2D eigenvalue weighted by molar-refractivity contribution is -0.146. The van der Waals surface area contributed by atoms with E-state index in [0.29, 0.717) is 19.4 Å². The van der Waals surface area contributed by atoms with Crippen molar-refractivity contribution in [3.63, 3.8) is 0 Å². The molecular weight excluding hydrogens is 448 g/mol. The van der Waals surface area contributed by atoms with E-state index in [1.165, 1.54) is 9.80 Å². The lowest BCUT2D eigenvalue weighted by Gasteiger charge is -2.32. The van der Waals surface area contributed by atoms with Gasteiger partial charge in [0.05, 0.1) is 0 Å². The Balaban J connectivity index is 1.92. The average molecular weight is 495 g/mol. The zero-order valence-electron chi connectivity index (χ0n) is 22.7. The van der Waals surface area contributed by atoms with Gasteiger partial charge in [-0.2, -0.15) is 0 Å². The molecule has 4 amide bonds. The van der Waals surface area contributed by atoms with Crippen molar-refractivity contribution in [1.82, 2.24) is 9.80 Å². The molecule has 0 bridgehead atoms. The summed E-state index contributed by atoms with van der Waals surface area (Å²) >= 11 is 0. The number of amides is 4. The summed E-state index contributed by atoms with van der Waals surface area (Å²) in [7, 11) is -2.02. The summed E-state index contributed by atoms with van der Waals surface area (Å²) in [6.45, 7) is 16.3. The van der Waals surface area contributed by atoms with Crippen LogP contribution in [0.1, 0.15) is 93.9 Å². The normalized spacial score (nSPS) is 23.9. The van der Waals surface area contributed by atoms with Crippen molar-refractivity contribution in [2.75, 3.05) is 6.61 Å². The van der Waals surface area contributed by atoms with Gasteiger partial charge >= 0.3 is 0 Å². The Morgan fingerprint density at radius 3 is 1.41 bits per heavy atom. The maximum absolute atomic E-state index is 12.8. The molecule has 0 aliphatic carbocycles. The second-order valence-corrected chi connectivity index (χ2v) is 16.4. The molecule has 2 rings (SSSR count). The quantitative estimate of drug-likeness (QED) is 0.301. The van der Waals surface area contributed by atoms with Gasteiger partial charge < -0.3 is 4.43 Å². The fourth-order valence-electron chi connectivity index (χ4n) is 5.62. The molecule has 0 saturated carbocycles. The Labute approximate surface area is 207 Å². The molecule has 2 heterocycles. The Morgan fingerprint density at radius 2 is 1.15 bits per heavy atom. The third kappa shape index (κ3) is 6.56. The molecular formula is C26H46N2O5Si. The van der Waals surface area contributed by atoms with Crippen molar-refractivity contribution >= 4 is 31.9 Å². The number of rotatable bonds is 11. The first-order valence-corrected chi connectivity index (χ1v) is 15.6. The molecule has 8 heteroatoms. The molecule has 0 aromatic carbocycles. The van der Waals surface area contributed by atoms with E-state index in [1.54, 1.807) is 0 Å². The van der Waals surface area contributed by atoms with Crippen LogP contribution in [0, 0.1) is 11.8 Å². The third-order valence-corrected chi connectivity index (χ3v) is 12.0. The van der Waals surface area contributed by atoms with Crippen LogP contribution in [-0.2, 0) is 23.6 Å². The maximum atomic E-state index is 12.8. The largest absolute Gasteiger partial charge is 0.417 e. The van der Waals surface area contributed by atoms with Gasteiger partial charge in [0.15, 0.2) is 8.32 Å². The number of carbonyl (C=O) groups is 4. The van der Waals surface area contributed by atoms with E-state index in [1.807, 2.05) is 48.5 Å². The van der Waals surface area contributed by atoms with E-state index in [4.69, 9.17) is 4.43 Å². The summed E-state index contributed by atoms with van der Waals surface area (Å²) in [6, 6.07) is 2.89. The van der Waals surface area contributed by atoms with E-state index in [9.17, 15) is 19.2 Å². The highest BCUT2D eigenvalue weighted by Gasteiger charge is 2.45. The highest BCUT2D eigenvalue weighted by molar-refractivity contribution is 6.73. The molecule has 0 N–H and O–H groups in total. The SMILES string of the molecule is CCO[Si](CC)(CCCC1CC(=O)N(C(C)(C)C)C1=O)CCCC1CC(=O)N(C(C)(C)C)C1=O. The second-order valence-electron chi connectivity index (χ2n) is 12.0. The van der Waals surface area contributed by atoms with E-state index >= 15 is 0 Å². The zero-order chi connectivity index (χ0) is 25.9. The molecule has 0 spiro atoms. The van der Waals surface area contributed by atoms with Crippen LogP contribution in [0.15, 0.2) is 0 Å². The van der Waals surface area contributed by atoms with Crippen LogP contribution in [0.2, 0.25) is 18.1 Å². The molecule has 194 valence electrons. The van der Waals surface area contributed by atoms with Crippen LogP contribution in [0.3, 0.4) is 0 Å². The van der Waals surface area contributed by atoms with Gasteiger partial charge in [-0.05, 0) is 79.4 Å². The molecule has 2 aliphatic heterocycles. The molecule has 0 aromatic heterocycles. The van der Waals surface area contributed by atoms with Crippen LogP contribution in [-0.4, -0.2) is 59.4 Å². The summed E-state index contributed by atoms with van der Waals surface area (Å²) in [5, 5.41) is 0. The van der Waals surface area contributed by atoms with E-state index in [2.05, 4.69) is 6.92 Å². The molecule has 7 nitrogen and oxygen atoms in total. The first-order valence-electron chi connectivity index (χ1n) is 13.0. The lowest BCUT2D eigenvalue weighted by atomic mass is 10.0. The predicted octanol–water partition coefficient (Wildman–Crippen LogP) is 4.90. The molecule has 2 fully saturated rings. The van der Waals surface area contributed by atoms with Crippen molar-refractivity contribution in [2.24, 2.45) is 11.8 Å². The van der Waals surface area contributed by atoms with Crippen molar-refractivity contribution in [2.45, 2.75) is 123 Å². The number of hydrogen-bond donors (Lipinski definition) is 0. The molecule has 0 aromatic rings. The number of likely N-dealkylation sites (tertiary alicyclic amines) is 2. The van der Waals surface area contributed by atoms with E-state index in [0.717, 1.165) is 43.8 Å². The Kier molecular flexibility index (Phi) is 9.30. The summed E-state index contributed by atoms with van der Waals surface area (Å²) in [6.07, 6.45) is 3.81. The van der Waals surface area contributed by atoms with E-state index < -0.39 is 19.4 Å². The van der Waals surface area contributed by atoms with Crippen LogP contribution in [0.25, 0.3) is 0 Å². The average Bonchev–Trinajstić information content (AvgIpc) is 3.15. The standard InChI is InChI=1S/C26H46N2O5Si/c1-9-33-34(10-2,15-11-13-19-17-21(29)27(23(19)31)25(3,4)5)16-12-14-20-18-22(30)28(24(20)32)26(6,7)8/h19-20H,9-18H2,1-8H3. The van der Waals surface area contributed by atoms with Crippen molar-refractivity contribution in [3.8, 4) is 0 Å². The summed E-state index contributed by atoms with van der Waals surface area (Å²) in [4.78, 5) is 53.3. The van der Waals surface area contributed by atoms with Crippen molar-refractivity contribution in [3.05, 3.63) is 0 Å². The fourth-order valence-corrected chi connectivity index (χ4v) is 9.38. The Morgan fingerprint density at radius 1 is 0.765 bits per heavy atom. The lowest BCUT2D eigenvalue weighted by Crippen LogP contribution is -2.45. The van der Waals surface area contributed by atoms with Crippen LogP contribution in [0.5, 0.6) is 0 Å². The zero-order valence-corrected chi connectivity index (χ0v) is 23.7. The fraction of sp³-hybridized carbons (Fsp3) is 0.846. The summed E-state index contributed by atoms with van der Waals surface area (Å²) in [5.74, 6) is -0.640.